The number of carbonyl (C=O) groups is 3. The number of carbonyl (C=O) groups excluding carboxylic acids is 3. The fraction of sp³-hybridized carbons (Fsp3) is 0.292. The quantitative estimate of drug-likeness (QED) is 0.649. The number of nitrogens with zero attached hydrogens (tertiary/aromatic N) is 3. The number of benzene rings is 2. The van der Waals surface area contributed by atoms with Gasteiger partial charge in [-0.2, -0.15) is 0 Å². The smallest absolute Gasteiger partial charge is 0.294 e. The highest BCUT2D eigenvalue weighted by Crippen LogP contribution is 2.33. The van der Waals surface area contributed by atoms with Gasteiger partial charge in [0.25, 0.3) is 11.1 Å². The number of anilines is 1. The molecule has 4 rings (SSSR count). The average molecular weight is 452 g/mol. The number of piperazine rings is 1. The topological polar surface area (TPSA) is 70.2 Å². The maximum atomic E-state index is 12.8. The number of para-hydroxylation sites is 1. The Kier molecular flexibility index (Phi) is 6.50. The van der Waals surface area contributed by atoms with E-state index in [-0.39, 0.29) is 12.5 Å². The minimum absolute atomic E-state index is 0.207. The van der Waals surface area contributed by atoms with Gasteiger partial charge in [0.05, 0.1) is 12.0 Å². The second kappa shape index (κ2) is 9.48. The molecular weight excluding hydrogens is 426 g/mol. The van der Waals surface area contributed by atoms with Gasteiger partial charge in [-0.05, 0) is 60.2 Å². The van der Waals surface area contributed by atoms with Crippen molar-refractivity contribution in [2.45, 2.75) is 6.92 Å². The van der Waals surface area contributed by atoms with Crippen LogP contribution in [0.15, 0.2) is 53.4 Å². The van der Waals surface area contributed by atoms with Crippen molar-refractivity contribution in [3.05, 3.63) is 64.6 Å². The molecule has 8 heteroatoms. The maximum absolute atomic E-state index is 12.8. The monoisotopic (exact) mass is 451 g/mol. The molecule has 0 aliphatic carbocycles. The number of rotatable bonds is 5. The summed E-state index contributed by atoms with van der Waals surface area (Å²) < 4.78 is 5.26. The Morgan fingerprint density at radius 1 is 1.06 bits per heavy atom. The molecule has 0 unspecified atom stereocenters. The number of ether oxygens (including phenoxy) is 1. The summed E-state index contributed by atoms with van der Waals surface area (Å²) >= 11 is 0.867. The number of hydrogen-bond acceptors (Lipinski definition) is 6. The molecule has 166 valence electrons. The van der Waals surface area contributed by atoms with Crippen LogP contribution in [-0.2, 0) is 9.59 Å². The van der Waals surface area contributed by atoms with E-state index in [9.17, 15) is 14.4 Å². The lowest BCUT2D eigenvalue weighted by Gasteiger charge is -2.36. The van der Waals surface area contributed by atoms with Crippen molar-refractivity contribution >= 4 is 40.6 Å². The summed E-state index contributed by atoms with van der Waals surface area (Å²) in [5, 5.41) is -0.414. The number of thioether (sulfide) groups is 1. The molecule has 0 bridgehead atoms. The predicted molar refractivity (Wildman–Crippen MR) is 126 cm³/mol. The zero-order valence-corrected chi connectivity index (χ0v) is 18.9. The van der Waals surface area contributed by atoms with Gasteiger partial charge in [0.2, 0.25) is 5.91 Å². The molecule has 2 fully saturated rings. The molecule has 2 aliphatic heterocycles. The number of aryl methyl sites for hydroxylation is 1. The molecule has 7 nitrogen and oxygen atoms in total. The van der Waals surface area contributed by atoms with E-state index in [0.29, 0.717) is 31.1 Å². The Labute approximate surface area is 191 Å². The number of amides is 3. The first-order valence-electron chi connectivity index (χ1n) is 10.4. The minimum atomic E-state index is -0.426. The maximum Gasteiger partial charge on any atom is 0.294 e. The van der Waals surface area contributed by atoms with Crippen molar-refractivity contribution in [2.75, 3.05) is 44.7 Å². The van der Waals surface area contributed by atoms with E-state index in [4.69, 9.17) is 4.74 Å². The van der Waals surface area contributed by atoms with E-state index in [0.717, 1.165) is 39.2 Å². The third kappa shape index (κ3) is 4.65. The van der Waals surface area contributed by atoms with Crippen LogP contribution < -0.4 is 9.64 Å². The molecule has 0 radical (unpaired) electrons. The second-order valence-electron chi connectivity index (χ2n) is 7.70. The van der Waals surface area contributed by atoms with Crippen LogP contribution in [0.4, 0.5) is 10.5 Å². The third-order valence-electron chi connectivity index (χ3n) is 5.64. The molecule has 0 spiro atoms. The zero-order valence-electron chi connectivity index (χ0n) is 18.1. The fourth-order valence-corrected chi connectivity index (χ4v) is 4.71. The molecule has 0 atom stereocenters. The Morgan fingerprint density at radius 2 is 1.78 bits per heavy atom. The largest absolute Gasteiger partial charge is 0.496 e. The van der Waals surface area contributed by atoms with Crippen LogP contribution in [0.1, 0.15) is 11.1 Å². The first-order valence-corrected chi connectivity index (χ1v) is 11.3. The van der Waals surface area contributed by atoms with Crippen molar-refractivity contribution in [2.24, 2.45) is 0 Å². The van der Waals surface area contributed by atoms with Crippen LogP contribution in [0, 0.1) is 6.92 Å². The van der Waals surface area contributed by atoms with E-state index >= 15 is 0 Å². The van der Waals surface area contributed by atoms with E-state index in [1.54, 1.807) is 18.1 Å². The standard InChI is InChI=1S/C24H25N3O4S/c1-17-14-18(8-9-20(17)31-2)15-21-23(29)27(24(30)32-21)16-22(28)26-12-10-25(11-13-26)19-6-4-3-5-7-19/h3-9,14-15H,10-13,16H2,1-2H3/b21-15+. The number of hydrogen-bond donors (Lipinski definition) is 0. The highest BCUT2D eigenvalue weighted by atomic mass is 32.2. The van der Waals surface area contributed by atoms with Crippen LogP contribution in [0.5, 0.6) is 5.75 Å². The van der Waals surface area contributed by atoms with E-state index < -0.39 is 11.1 Å². The van der Waals surface area contributed by atoms with Gasteiger partial charge >= 0.3 is 0 Å². The molecule has 3 amide bonds. The molecule has 32 heavy (non-hydrogen) atoms. The van der Waals surface area contributed by atoms with Gasteiger partial charge in [-0.25, -0.2) is 0 Å². The highest BCUT2D eigenvalue weighted by Gasteiger charge is 2.37. The molecular formula is C24H25N3O4S. The summed E-state index contributed by atoms with van der Waals surface area (Å²) in [5.74, 6) is 0.125. The molecule has 2 saturated heterocycles. The molecule has 0 aromatic heterocycles. The average Bonchev–Trinajstić information content (AvgIpc) is 3.07. The highest BCUT2D eigenvalue weighted by molar-refractivity contribution is 8.18. The Morgan fingerprint density at radius 3 is 2.44 bits per heavy atom. The Balaban J connectivity index is 1.37. The van der Waals surface area contributed by atoms with Crippen molar-refractivity contribution < 1.29 is 19.1 Å². The van der Waals surface area contributed by atoms with Gasteiger partial charge < -0.3 is 14.5 Å². The van der Waals surface area contributed by atoms with Crippen molar-refractivity contribution in [3.8, 4) is 5.75 Å². The molecule has 0 saturated carbocycles. The van der Waals surface area contributed by atoms with Crippen LogP contribution in [0.25, 0.3) is 6.08 Å². The van der Waals surface area contributed by atoms with Crippen LogP contribution in [0.2, 0.25) is 0 Å². The van der Waals surface area contributed by atoms with Gasteiger partial charge in [-0.15, -0.1) is 0 Å². The van der Waals surface area contributed by atoms with Crippen molar-refractivity contribution in [3.63, 3.8) is 0 Å². The van der Waals surface area contributed by atoms with Gasteiger partial charge in [0.15, 0.2) is 0 Å². The van der Waals surface area contributed by atoms with Crippen LogP contribution in [0.3, 0.4) is 0 Å². The Hall–Kier alpha value is -3.26. The Bertz CT molecular complexity index is 1060. The van der Waals surface area contributed by atoms with Gasteiger partial charge in [0.1, 0.15) is 12.3 Å². The summed E-state index contributed by atoms with van der Waals surface area (Å²) in [6, 6.07) is 15.6. The summed E-state index contributed by atoms with van der Waals surface area (Å²) in [4.78, 5) is 43.3. The summed E-state index contributed by atoms with van der Waals surface area (Å²) in [7, 11) is 1.60. The second-order valence-corrected chi connectivity index (χ2v) is 8.69. The summed E-state index contributed by atoms with van der Waals surface area (Å²) in [6.07, 6.45) is 1.68. The fourth-order valence-electron chi connectivity index (χ4n) is 3.87. The van der Waals surface area contributed by atoms with Crippen LogP contribution >= 0.6 is 11.8 Å². The van der Waals surface area contributed by atoms with Gasteiger partial charge in [-0.3, -0.25) is 19.3 Å². The molecule has 2 aliphatic rings. The van der Waals surface area contributed by atoms with Gasteiger partial charge in [-0.1, -0.05) is 24.3 Å². The number of imide groups is 1. The summed E-state index contributed by atoms with van der Waals surface area (Å²) in [6.45, 7) is 4.24. The van der Waals surface area contributed by atoms with Crippen molar-refractivity contribution in [1.82, 2.24) is 9.80 Å². The zero-order chi connectivity index (χ0) is 22.7. The number of methoxy groups -OCH3 is 1. The van der Waals surface area contributed by atoms with E-state index in [1.165, 1.54) is 0 Å². The first-order chi connectivity index (χ1) is 15.5. The third-order valence-corrected chi connectivity index (χ3v) is 6.54. The van der Waals surface area contributed by atoms with E-state index in [1.807, 2.05) is 43.3 Å². The minimum Gasteiger partial charge on any atom is -0.496 e. The van der Waals surface area contributed by atoms with E-state index in [2.05, 4.69) is 17.0 Å². The lowest BCUT2D eigenvalue weighted by Crippen LogP contribution is -2.51. The van der Waals surface area contributed by atoms with Gasteiger partial charge in [0, 0.05) is 31.9 Å². The molecule has 2 aromatic rings. The lowest BCUT2D eigenvalue weighted by atomic mass is 10.1. The van der Waals surface area contributed by atoms with Crippen molar-refractivity contribution in [1.29, 1.82) is 0 Å². The molecule has 0 N–H and O–H groups in total. The molecule has 2 aromatic carbocycles. The lowest BCUT2D eigenvalue weighted by molar-refractivity contribution is -0.136. The van der Waals surface area contributed by atoms with Crippen LogP contribution in [-0.4, -0.2) is 66.7 Å². The SMILES string of the molecule is COc1ccc(/C=C2/SC(=O)N(CC(=O)N3CCN(c4ccccc4)CC3)C2=O)cc1C. The normalized spacial score (nSPS) is 17.9. The first kappa shape index (κ1) is 22.0. The predicted octanol–water partition coefficient (Wildman–Crippen LogP) is 3.39. The summed E-state index contributed by atoms with van der Waals surface area (Å²) in [5.41, 5.74) is 2.87. The molecule has 2 heterocycles.